The number of hydrogen-bond donors (Lipinski definition) is 1. The quantitative estimate of drug-likeness (QED) is 0.794. The Morgan fingerprint density at radius 2 is 2.09 bits per heavy atom. The van der Waals surface area contributed by atoms with Crippen LogP contribution in [0.4, 0.5) is 0 Å². The van der Waals surface area contributed by atoms with Gasteiger partial charge >= 0.3 is 0 Å². The number of nitrogens with one attached hydrogen (secondary N) is 1. The fraction of sp³-hybridized carbons (Fsp3) is 0.667. The molecule has 1 fully saturated rings. The number of likely N-dealkylation sites (N-methyl/N-ethyl adjacent to an activating group) is 1. The lowest BCUT2D eigenvalue weighted by atomic mass is 9.98. The lowest BCUT2D eigenvalue weighted by Crippen LogP contribution is -2.56. The summed E-state index contributed by atoms with van der Waals surface area (Å²) < 4.78 is 4.89. The molecule has 2 heterocycles. The summed E-state index contributed by atoms with van der Waals surface area (Å²) in [4.78, 5) is 27.9. The van der Waals surface area contributed by atoms with Gasteiger partial charge in [0.1, 0.15) is 5.76 Å². The van der Waals surface area contributed by atoms with Crippen molar-refractivity contribution < 1.29 is 14.1 Å². The van der Waals surface area contributed by atoms with E-state index in [0.717, 1.165) is 19.6 Å². The summed E-state index contributed by atoms with van der Waals surface area (Å²) in [6, 6.07) is 1.61. The predicted octanol–water partition coefficient (Wildman–Crippen LogP) is 0.513. The minimum Gasteiger partial charge on any atom is -0.361 e. The van der Waals surface area contributed by atoms with Crippen LogP contribution in [-0.4, -0.2) is 66.0 Å². The molecule has 1 aliphatic heterocycles. The van der Waals surface area contributed by atoms with Crippen molar-refractivity contribution in [3.05, 3.63) is 17.5 Å². The lowest BCUT2D eigenvalue weighted by Gasteiger charge is -2.37. The van der Waals surface area contributed by atoms with E-state index in [1.807, 2.05) is 0 Å². The molecule has 1 N–H and O–H groups in total. The van der Waals surface area contributed by atoms with Crippen molar-refractivity contribution in [2.45, 2.75) is 20.8 Å². The van der Waals surface area contributed by atoms with E-state index in [-0.39, 0.29) is 17.7 Å². The molecule has 0 spiro atoms. The molecular weight excluding hydrogens is 284 g/mol. The van der Waals surface area contributed by atoms with Crippen LogP contribution in [0, 0.1) is 12.8 Å². The Labute approximate surface area is 130 Å². The third kappa shape index (κ3) is 3.85. The first kappa shape index (κ1) is 16.5. The second-order valence-electron chi connectivity index (χ2n) is 5.55. The molecular formula is C15H24N4O3. The van der Waals surface area contributed by atoms with Crippen LogP contribution in [0.3, 0.4) is 0 Å². The van der Waals surface area contributed by atoms with Gasteiger partial charge in [-0.15, -0.1) is 0 Å². The van der Waals surface area contributed by atoms with Crippen LogP contribution in [0.25, 0.3) is 0 Å². The van der Waals surface area contributed by atoms with Gasteiger partial charge < -0.3 is 19.6 Å². The summed E-state index contributed by atoms with van der Waals surface area (Å²) in [6.45, 7) is 10.3. The molecule has 7 heteroatoms. The van der Waals surface area contributed by atoms with Crippen LogP contribution in [0.5, 0.6) is 0 Å². The Hall–Kier alpha value is -1.89. The molecule has 1 aliphatic rings. The van der Waals surface area contributed by atoms with Gasteiger partial charge in [-0.1, -0.05) is 19.0 Å². The average molecular weight is 308 g/mol. The largest absolute Gasteiger partial charge is 0.361 e. The maximum atomic E-state index is 12.1. The van der Waals surface area contributed by atoms with Crippen molar-refractivity contribution >= 4 is 11.8 Å². The number of aryl methyl sites for hydroxylation is 1. The molecule has 1 aromatic heterocycles. The van der Waals surface area contributed by atoms with Gasteiger partial charge in [-0.25, -0.2) is 0 Å². The Bertz CT molecular complexity index is 519. The number of likely N-dealkylation sites (tertiary alicyclic amines) is 1. The molecule has 0 aromatic carbocycles. The highest BCUT2D eigenvalue weighted by atomic mass is 16.5. The maximum absolute atomic E-state index is 12.1. The van der Waals surface area contributed by atoms with E-state index in [9.17, 15) is 9.59 Å². The van der Waals surface area contributed by atoms with E-state index in [2.05, 4.69) is 29.2 Å². The molecule has 0 unspecified atom stereocenters. The normalized spacial score (nSPS) is 15.0. The molecule has 0 aliphatic carbocycles. The van der Waals surface area contributed by atoms with Gasteiger partial charge in [0.05, 0.1) is 5.92 Å². The number of hydrogen-bond acceptors (Lipinski definition) is 5. The van der Waals surface area contributed by atoms with Crippen LogP contribution < -0.4 is 5.32 Å². The van der Waals surface area contributed by atoms with Gasteiger partial charge in [0.2, 0.25) is 5.91 Å². The number of carbonyl (C=O) groups excluding carboxylic acids is 2. The minimum absolute atomic E-state index is 0.0209. The van der Waals surface area contributed by atoms with Crippen molar-refractivity contribution in [3.63, 3.8) is 0 Å². The molecule has 122 valence electrons. The first-order valence-corrected chi connectivity index (χ1v) is 7.77. The molecule has 2 amide bonds. The number of carbonyl (C=O) groups is 2. The van der Waals surface area contributed by atoms with E-state index >= 15 is 0 Å². The Balaban J connectivity index is 1.70. The number of aromatic nitrogens is 1. The third-order valence-corrected chi connectivity index (χ3v) is 4.01. The Morgan fingerprint density at radius 1 is 1.41 bits per heavy atom. The molecule has 22 heavy (non-hydrogen) atoms. The second-order valence-corrected chi connectivity index (χ2v) is 5.55. The van der Waals surface area contributed by atoms with Gasteiger partial charge in [0.15, 0.2) is 5.69 Å². The highest BCUT2D eigenvalue weighted by Crippen LogP contribution is 2.18. The van der Waals surface area contributed by atoms with Crippen molar-refractivity contribution in [3.8, 4) is 0 Å². The van der Waals surface area contributed by atoms with Crippen molar-refractivity contribution in [1.82, 2.24) is 20.3 Å². The second kappa shape index (κ2) is 7.40. The highest BCUT2D eigenvalue weighted by molar-refractivity contribution is 5.94. The predicted molar refractivity (Wildman–Crippen MR) is 81.4 cm³/mol. The fourth-order valence-electron chi connectivity index (χ4n) is 2.46. The van der Waals surface area contributed by atoms with Crippen LogP contribution in [0.2, 0.25) is 0 Å². The van der Waals surface area contributed by atoms with Crippen molar-refractivity contribution in [2.75, 3.05) is 39.3 Å². The third-order valence-electron chi connectivity index (χ3n) is 4.01. The van der Waals surface area contributed by atoms with E-state index in [1.54, 1.807) is 17.9 Å². The zero-order valence-electron chi connectivity index (χ0n) is 13.5. The summed E-state index contributed by atoms with van der Waals surface area (Å²) in [5.41, 5.74) is 0.304. The summed E-state index contributed by atoms with van der Waals surface area (Å²) in [5.74, 6) is 0.333. The van der Waals surface area contributed by atoms with Crippen LogP contribution in [0.15, 0.2) is 10.6 Å². The van der Waals surface area contributed by atoms with E-state index < -0.39 is 0 Å². The smallest absolute Gasteiger partial charge is 0.276 e. The lowest BCUT2D eigenvalue weighted by molar-refractivity contribution is -0.129. The van der Waals surface area contributed by atoms with Crippen LogP contribution in [-0.2, 0) is 4.79 Å². The molecule has 0 atom stereocenters. The van der Waals surface area contributed by atoms with Gasteiger partial charge in [0.25, 0.3) is 5.91 Å². The molecule has 1 aromatic rings. The van der Waals surface area contributed by atoms with E-state index in [1.165, 1.54) is 0 Å². The van der Waals surface area contributed by atoms with Crippen LogP contribution in [0.1, 0.15) is 30.1 Å². The standard InChI is InChI=1S/C15H24N4O3/c1-4-18(5-2)7-6-16-14(20)12-9-19(10-12)15(21)13-8-11(3)22-17-13/h8,12H,4-7,9-10H2,1-3H3,(H,16,20). The topological polar surface area (TPSA) is 78.7 Å². The highest BCUT2D eigenvalue weighted by Gasteiger charge is 2.36. The minimum atomic E-state index is -0.177. The van der Waals surface area contributed by atoms with Gasteiger partial charge in [-0.05, 0) is 20.0 Å². The Kier molecular flexibility index (Phi) is 5.54. The molecule has 1 saturated heterocycles. The zero-order chi connectivity index (χ0) is 16.1. The molecule has 0 radical (unpaired) electrons. The summed E-state index contributed by atoms with van der Waals surface area (Å²) in [7, 11) is 0. The van der Waals surface area contributed by atoms with Crippen molar-refractivity contribution in [1.29, 1.82) is 0 Å². The van der Waals surface area contributed by atoms with Crippen LogP contribution >= 0.6 is 0 Å². The molecule has 7 nitrogen and oxygen atoms in total. The number of nitrogens with zero attached hydrogens (tertiary/aromatic N) is 3. The van der Waals surface area contributed by atoms with Gasteiger partial charge in [-0.2, -0.15) is 0 Å². The number of rotatable bonds is 7. The average Bonchev–Trinajstić information content (AvgIpc) is 2.88. The van der Waals surface area contributed by atoms with Gasteiger partial charge in [-0.3, -0.25) is 9.59 Å². The first-order chi connectivity index (χ1) is 10.5. The number of amides is 2. The Morgan fingerprint density at radius 3 is 2.64 bits per heavy atom. The zero-order valence-corrected chi connectivity index (χ0v) is 13.5. The summed E-state index contributed by atoms with van der Waals surface area (Å²) in [5, 5.41) is 6.64. The summed E-state index contributed by atoms with van der Waals surface area (Å²) in [6.07, 6.45) is 0. The molecule has 2 rings (SSSR count). The molecule has 0 saturated carbocycles. The fourth-order valence-corrected chi connectivity index (χ4v) is 2.46. The van der Waals surface area contributed by atoms with Crippen molar-refractivity contribution in [2.24, 2.45) is 5.92 Å². The summed E-state index contributed by atoms with van der Waals surface area (Å²) >= 11 is 0. The SMILES string of the molecule is CCN(CC)CCNC(=O)C1CN(C(=O)c2cc(C)on2)C1. The first-order valence-electron chi connectivity index (χ1n) is 7.77. The van der Waals surface area contributed by atoms with E-state index in [0.29, 0.717) is 31.1 Å². The van der Waals surface area contributed by atoms with Gasteiger partial charge in [0, 0.05) is 32.2 Å². The maximum Gasteiger partial charge on any atom is 0.276 e. The molecule has 0 bridgehead atoms. The van der Waals surface area contributed by atoms with E-state index in [4.69, 9.17) is 4.52 Å². The monoisotopic (exact) mass is 308 g/mol.